The summed E-state index contributed by atoms with van der Waals surface area (Å²) in [6.07, 6.45) is 0. The van der Waals surface area contributed by atoms with Crippen LogP contribution in [-0.2, 0) is 4.74 Å². The van der Waals surface area contributed by atoms with Gasteiger partial charge in [0.15, 0.2) is 8.83 Å². The van der Waals surface area contributed by atoms with E-state index in [0.717, 1.165) is 0 Å². The van der Waals surface area contributed by atoms with Gasteiger partial charge in [-0.1, -0.05) is 11.6 Å². The molecular weight excluding hydrogens is 139 g/mol. The Morgan fingerprint density at radius 2 is 2.33 bits per heavy atom. The zero-order chi connectivity index (χ0) is 4.99. The van der Waals surface area contributed by atoms with Crippen LogP contribution < -0.4 is 0 Å². The van der Waals surface area contributed by atoms with Crippen LogP contribution in [0, 0.1) is 0 Å². The smallest absolute Gasteiger partial charge is 0.175 e. The molecule has 0 aromatic carbocycles. The average Bonchev–Trinajstić information content (AvgIpc) is 1.65. The van der Waals surface area contributed by atoms with Crippen molar-refractivity contribution < 1.29 is 4.74 Å². The van der Waals surface area contributed by atoms with E-state index in [-0.39, 0.29) is 5.19 Å². The Bertz CT molecular complexity index is 30.7. The van der Waals surface area contributed by atoms with Gasteiger partial charge in [0, 0.05) is 7.11 Å². The molecular formula is C2H6Cl2OSi. The van der Waals surface area contributed by atoms with E-state index in [2.05, 4.69) is 4.74 Å². The molecule has 0 bridgehead atoms. The maximum atomic E-state index is 5.36. The molecule has 0 saturated carbocycles. The first-order valence-corrected chi connectivity index (χ1v) is 4.93. The van der Waals surface area contributed by atoms with Crippen LogP contribution in [0.3, 0.4) is 0 Å². The van der Waals surface area contributed by atoms with Crippen molar-refractivity contribution in [2.24, 2.45) is 0 Å². The van der Waals surface area contributed by atoms with Crippen molar-refractivity contribution in [1.29, 1.82) is 0 Å². The molecule has 0 radical (unpaired) electrons. The van der Waals surface area contributed by atoms with Crippen molar-refractivity contribution in [3.8, 4) is 0 Å². The summed E-state index contributed by atoms with van der Waals surface area (Å²) in [6.45, 7) is 0. The number of hydrogen-bond acceptors (Lipinski definition) is 1. The zero-order valence-electron chi connectivity index (χ0n) is 3.45. The minimum absolute atomic E-state index is 0.188. The molecule has 0 aromatic rings. The number of halogens is 2. The Morgan fingerprint density at radius 3 is 2.33 bits per heavy atom. The van der Waals surface area contributed by atoms with Crippen LogP contribution in [0.15, 0.2) is 0 Å². The summed E-state index contributed by atoms with van der Waals surface area (Å²) < 4.78 is 4.59. The van der Waals surface area contributed by atoms with Crippen molar-refractivity contribution in [3.63, 3.8) is 0 Å². The maximum Gasteiger partial charge on any atom is 0.175 e. The lowest BCUT2D eigenvalue weighted by Gasteiger charge is -1.96. The fourth-order valence-corrected chi connectivity index (χ4v) is 0.567. The first kappa shape index (κ1) is 6.76. The summed E-state index contributed by atoms with van der Waals surface area (Å²) in [5, 5.41) is -0.188. The second kappa shape index (κ2) is 3.93. The van der Waals surface area contributed by atoms with Crippen molar-refractivity contribution in [3.05, 3.63) is 0 Å². The van der Waals surface area contributed by atoms with E-state index in [0.29, 0.717) is 0 Å². The van der Waals surface area contributed by atoms with Crippen LogP contribution >= 0.6 is 22.7 Å². The second-order valence-corrected chi connectivity index (χ2v) is 3.78. The van der Waals surface area contributed by atoms with E-state index in [1.54, 1.807) is 7.11 Å². The molecule has 0 N–H and O–H groups in total. The second-order valence-electron chi connectivity index (χ2n) is 0.800. The molecule has 1 atom stereocenters. The monoisotopic (exact) mass is 144 g/mol. The van der Waals surface area contributed by atoms with Crippen LogP contribution in [-0.4, -0.2) is 21.1 Å². The number of rotatable bonds is 2. The molecule has 1 unspecified atom stereocenters. The van der Waals surface area contributed by atoms with E-state index in [9.17, 15) is 0 Å². The number of hydrogen-bond donors (Lipinski definition) is 0. The van der Waals surface area contributed by atoms with Crippen molar-refractivity contribution in [2.75, 3.05) is 7.11 Å². The first-order valence-electron chi connectivity index (χ1n) is 1.54. The van der Waals surface area contributed by atoms with Crippen LogP contribution in [0.4, 0.5) is 0 Å². The first-order chi connectivity index (χ1) is 2.81. The molecule has 0 spiro atoms. The predicted molar refractivity (Wildman–Crippen MR) is 31.0 cm³/mol. The van der Waals surface area contributed by atoms with E-state index in [1.165, 1.54) is 0 Å². The Hall–Kier alpha value is 0.757. The summed E-state index contributed by atoms with van der Waals surface area (Å²) in [5.74, 6) is 0. The van der Waals surface area contributed by atoms with Crippen LogP contribution in [0.1, 0.15) is 0 Å². The summed E-state index contributed by atoms with van der Waals surface area (Å²) >= 11 is 10.7. The van der Waals surface area contributed by atoms with Gasteiger partial charge in [0.25, 0.3) is 0 Å². The van der Waals surface area contributed by atoms with Gasteiger partial charge in [0.1, 0.15) is 5.19 Å². The lowest BCUT2D eigenvalue weighted by molar-refractivity contribution is 0.224. The van der Waals surface area contributed by atoms with Crippen molar-refractivity contribution in [1.82, 2.24) is 0 Å². The summed E-state index contributed by atoms with van der Waals surface area (Å²) in [5.41, 5.74) is 0. The number of methoxy groups -OCH3 is 1. The van der Waals surface area contributed by atoms with Crippen molar-refractivity contribution >= 4 is 31.5 Å². The zero-order valence-corrected chi connectivity index (χ0v) is 6.37. The molecule has 0 aromatic heterocycles. The third kappa shape index (κ3) is 2.97. The molecule has 0 aliphatic carbocycles. The molecule has 6 heavy (non-hydrogen) atoms. The fourth-order valence-electron chi connectivity index (χ4n) is 0.0630. The van der Waals surface area contributed by atoms with E-state index >= 15 is 0 Å². The fraction of sp³-hybridized carbons (Fsp3) is 1.00. The largest absolute Gasteiger partial charge is 0.369 e. The SMILES string of the molecule is COC(Cl)[SiH2]Cl. The van der Waals surface area contributed by atoms with Crippen LogP contribution in [0.5, 0.6) is 0 Å². The predicted octanol–water partition coefficient (Wildman–Crippen LogP) is 0.478. The van der Waals surface area contributed by atoms with Gasteiger partial charge in [0.2, 0.25) is 0 Å². The lowest BCUT2D eigenvalue weighted by Crippen LogP contribution is -2.04. The highest BCUT2D eigenvalue weighted by atomic mass is 35.6. The molecule has 0 rings (SSSR count). The normalized spacial score (nSPS) is 16.5. The van der Waals surface area contributed by atoms with Gasteiger partial charge in [-0.2, -0.15) is 11.1 Å². The van der Waals surface area contributed by atoms with Gasteiger partial charge >= 0.3 is 0 Å². The summed E-state index contributed by atoms with van der Waals surface area (Å²) in [6, 6.07) is 0. The Morgan fingerprint density at radius 1 is 1.83 bits per heavy atom. The summed E-state index contributed by atoms with van der Waals surface area (Å²) in [7, 11) is 0.902. The average molecular weight is 145 g/mol. The van der Waals surface area contributed by atoms with Gasteiger partial charge in [-0.15, -0.1) is 0 Å². The highest BCUT2D eigenvalue weighted by molar-refractivity contribution is 6.97. The van der Waals surface area contributed by atoms with Crippen molar-refractivity contribution in [2.45, 2.75) is 5.19 Å². The van der Waals surface area contributed by atoms with Gasteiger partial charge in [-0.3, -0.25) is 0 Å². The minimum atomic E-state index is -0.646. The minimum Gasteiger partial charge on any atom is -0.369 e. The number of alkyl halides is 1. The standard InChI is InChI=1S/C2H6Cl2OSi/c1-5-2(3)6-4/h2H,6H2,1H3. The molecule has 0 aliphatic rings. The molecule has 0 amide bonds. The molecule has 0 saturated heterocycles. The van der Waals surface area contributed by atoms with Crippen LogP contribution in [0.25, 0.3) is 0 Å². The van der Waals surface area contributed by atoms with Gasteiger partial charge in [-0.25, -0.2) is 0 Å². The molecule has 0 aliphatic heterocycles. The molecule has 0 heterocycles. The molecule has 0 fully saturated rings. The highest BCUT2D eigenvalue weighted by Gasteiger charge is 1.95. The highest BCUT2D eigenvalue weighted by Crippen LogP contribution is 1.93. The van der Waals surface area contributed by atoms with Gasteiger partial charge in [-0.05, 0) is 0 Å². The van der Waals surface area contributed by atoms with Gasteiger partial charge in [0.05, 0.1) is 0 Å². The lowest BCUT2D eigenvalue weighted by atomic mass is 11.5. The quantitative estimate of drug-likeness (QED) is 0.312. The molecule has 38 valence electrons. The van der Waals surface area contributed by atoms with Gasteiger partial charge < -0.3 is 4.74 Å². The topological polar surface area (TPSA) is 9.23 Å². The third-order valence-corrected chi connectivity index (χ3v) is 2.91. The Kier molecular flexibility index (Phi) is 4.43. The van der Waals surface area contributed by atoms with E-state index < -0.39 is 8.83 Å². The third-order valence-electron chi connectivity index (χ3n) is 0.377. The van der Waals surface area contributed by atoms with E-state index in [1.807, 2.05) is 0 Å². The molecule has 1 nitrogen and oxygen atoms in total. The summed E-state index contributed by atoms with van der Waals surface area (Å²) in [4.78, 5) is 0. The Balaban J connectivity index is 2.75. The van der Waals surface area contributed by atoms with Crippen LogP contribution in [0.2, 0.25) is 0 Å². The maximum absolute atomic E-state index is 5.36. The van der Waals surface area contributed by atoms with E-state index in [4.69, 9.17) is 22.7 Å². The molecule has 4 heteroatoms. The number of ether oxygens (including phenoxy) is 1. The Labute approximate surface area is 49.1 Å².